The Labute approximate surface area is 114 Å². The lowest BCUT2D eigenvalue weighted by Gasteiger charge is -2.23. The molecule has 0 bridgehead atoms. The fourth-order valence-electron chi connectivity index (χ4n) is 1.44. The number of hydrogen-bond acceptors (Lipinski definition) is 3. The number of nitrogens with one attached hydrogen (secondary N) is 1. The number of imide groups is 1. The van der Waals surface area contributed by atoms with Gasteiger partial charge in [0.25, 0.3) is 0 Å². The van der Waals surface area contributed by atoms with Crippen molar-refractivity contribution in [2.24, 2.45) is 5.73 Å². The minimum Gasteiger partial charge on any atom is -0.351 e. The number of nitrogens with two attached hydrogens (primary N) is 1. The van der Waals surface area contributed by atoms with Gasteiger partial charge in [-0.25, -0.2) is 4.79 Å². The number of urea groups is 1. The molecular formula is C12H16BrN3O2. The van der Waals surface area contributed by atoms with Crippen LogP contribution < -0.4 is 11.1 Å². The van der Waals surface area contributed by atoms with Crippen LogP contribution in [0.25, 0.3) is 0 Å². The molecule has 5 nitrogen and oxygen atoms in total. The highest BCUT2D eigenvalue weighted by molar-refractivity contribution is 9.10. The van der Waals surface area contributed by atoms with Crippen LogP contribution in [0.4, 0.5) is 4.79 Å². The van der Waals surface area contributed by atoms with Crippen LogP contribution in [0.2, 0.25) is 0 Å². The van der Waals surface area contributed by atoms with Crippen LogP contribution in [-0.2, 0) is 11.3 Å². The number of benzene rings is 1. The minimum atomic E-state index is -0.830. The summed E-state index contributed by atoms with van der Waals surface area (Å²) in [5, 5.41) is 2.07. The van der Waals surface area contributed by atoms with Gasteiger partial charge in [-0.05, 0) is 31.7 Å². The van der Waals surface area contributed by atoms with E-state index in [4.69, 9.17) is 5.73 Å². The van der Waals surface area contributed by atoms with Crippen molar-refractivity contribution in [2.45, 2.75) is 19.5 Å². The smallest absolute Gasteiger partial charge is 0.318 e. The molecule has 0 aliphatic heterocycles. The molecular weight excluding hydrogens is 298 g/mol. The third-order valence-electron chi connectivity index (χ3n) is 2.63. The standard InChI is InChI=1S/C12H16BrN3O2/c1-8(11(17)15-12(14)18)16(2)7-9-3-5-10(13)6-4-9/h3-6,8H,7H2,1-2H3,(H3,14,15,17,18)/t8-/m1/s1. The van der Waals surface area contributed by atoms with Crippen molar-refractivity contribution < 1.29 is 9.59 Å². The van der Waals surface area contributed by atoms with Crippen molar-refractivity contribution in [1.29, 1.82) is 0 Å². The summed E-state index contributed by atoms with van der Waals surface area (Å²) in [5.41, 5.74) is 5.99. The van der Waals surface area contributed by atoms with E-state index in [-0.39, 0.29) is 0 Å². The average Bonchev–Trinajstić information content (AvgIpc) is 2.30. The maximum Gasteiger partial charge on any atom is 0.318 e. The molecule has 1 aromatic rings. The molecule has 0 aromatic heterocycles. The Kier molecular flexibility index (Phi) is 5.30. The van der Waals surface area contributed by atoms with E-state index in [9.17, 15) is 9.59 Å². The average molecular weight is 314 g/mol. The van der Waals surface area contributed by atoms with E-state index in [0.29, 0.717) is 6.54 Å². The molecule has 0 saturated heterocycles. The van der Waals surface area contributed by atoms with Crippen LogP contribution in [0, 0.1) is 0 Å². The summed E-state index contributed by atoms with van der Waals surface area (Å²) in [4.78, 5) is 24.0. The largest absolute Gasteiger partial charge is 0.351 e. The number of nitrogens with zero attached hydrogens (tertiary/aromatic N) is 1. The molecule has 0 heterocycles. The SMILES string of the molecule is C[C@H](C(=O)NC(N)=O)N(C)Cc1ccc(Br)cc1. The summed E-state index contributed by atoms with van der Waals surface area (Å²) >= 11 is 3.36. The number of halogens is 1. The third-order valence-corrected chi connectivity index (χ3v) is 3.16. The molecule has 1 rings (SSSR count). The predicted octanol–water partition coefficient (Wildman–Crippen LogP) is 1.46. The van der Waals surface area contributed by atoms with Gasteiger partial charge in [0.15, 0.2) is 0 Å². The Hall–Kier alpha value is -1.40. The zero-order valence-electron chi connectivity index (χ0n) is 10.3. The molecule has 1 atom stereocenters. The summed E-state index contributed by atoms with van der Waals surface area (Å²) in [7, 11) is 1.81. The monoisotopic (exact) mass is 313 g/mol. The number of likely N-dealkylation sites (N-methyl/N-ethyl adjacent to an activating group) is 1. The zero-order valence-corrected chi connectivity index (χ0v) is 11.9. The molecule has 0 aliphatic rings. The number of carbonyl (C=O) groups is 2. The lowest BCUT2D eigenvalue weighted by molar-refractivity contribution is -0.124. The lowest BCUT2D eigenvalue weighted by Crippen LogP contribution is -2.46. The maximum atomic E-state index is 11.6. The number of carbonyl (C=O) groups excluding carboxylic acids is 2. The van der Waals surface area contributed by atoms with E-state index in [1.54, 1.807) is 6.92 Å². The topological polar surface area (TPSA) is 75.4 Å². The van der Waals surface area contributed by atoms with Gasteiger partial charge in [-0.1, -0.05) is 28.1 Å². The molecule has 0 saturated carbocycles. The van der Waals surface area contributed by atoms with Crippen LogP contribution in [-0.4, -0.2) is 29.9 Å². The zero-order chi connectivity index (χ0) is 13.7. The van der Waals surface area contributed by atoms with Crippen molar-refractivity contribution in [1.82, 2.24) is 10.2 Å². The second-order valence-electron chi connectivity index (χ2n) is 4.07. The molecule has 0 unspecified atom stereocenters. The number of rotatable bonds is 4. The quantitative estimate of drug-likeness (QED) is 0.883. The summed E-state index contributed by atoms with van der Waals surface area (Å²) in [5.74, 6) is -0.401. The molecule has 3 N–H and O–H groups in total. The van der Waals surface area contributed by atoms with Gasteiger partial charge < -0.3 is 5.73 Å². The summed E-state index contributed by atoms with van der Waals surface area (Å²) in [6.07, 6.45) is 0. The first-order valence-electron chi connectivity index (χ1n) is 5.45. The Balaban J connectivity index is 2.59. The van der Waals surface area contributed by atoms with E-state index >= 15 is 0 Å². The highest BCUT2D eigenvalue weighted by atomic mass is 79.9. The van der Waals surface area contributed by atoms with E-state index in [0.717, 1.165) is 10.0 Å². The van der Waals surface area contributed by atoms with Crippen LogP contribution in [0.1, 0.15) is 12.5 Å². The summed E-state index contributed by atoms with van der Waals surface area (Å²) < 4.78 is 1.01. The molecule has 0 fully saturated rings. The minimum absolute atomic E-state index is 0.401. The third kappa shape index (κ3) is 4.46. The van der Waals surface area contributed by atoms with Crippen LogP contribution in [0.3, 0.4) is 0 Å². The van der Waals surface area contributed by atoms with E-state index in [1.165, 1.54) is 0 Å². The van der Waals surface area contributed by atoms with E-state index < -0.39 is 18.0 Å². The number of hydrogen-bond donors (Lipinski definition) is 2. The molecule has 0 aliphatic carbocycles. The van der Waals surface area contributed by atoms with Crippen molar-refractivity contribution >= 4 is 27.9 Å². The van der Waals surface area contributed by atoms with Gasteiger partial charge >= 0.3 is 6.03 Å². The van der Waals surface area contributed by atoms with E-state index in [1.807, 2.05) is 36.2 Å². The first-order chi connectivity index (χ1) is 8.40. The second-order valence-corrected chi connectivity index (χ2v) is 4.99. The number of primary amides is 1. The van der Waals surface area contributed by atoms with Crippen molar-refractivity contribution in [2.75, 3.05) is 7.05 Å². The Morgan fingerprint density at radius 3 is 2.44 bits per heavy atom. The Morgan fingerprint density at radius 1 is 1.39 bits per heavy atom. The van der Waals surface area contributed by atoms with Crippen molar-refractivity contribution in [3.05, 3.63) is 34.3 Å². The molecule has 6 heteroatoms. The number of amides is 3. The molecule has 0 radical (unpaired) electrons. The lowest BCUT2D eigenvalue weighted by atomic mass is 10.2. The van der Waals surface area contributed by atoms with Gasteiger partial charge in [-0.3, -0.25) is 15.0 Å². The molecule has 98 valence electrons. The van der Waals surface area contributed by atoms with Crippen molar-refractivity contribution in [3.63, 3.8) is 0 Å². The van der Waals surface area contributed by atoms with Gasteiger partial charge in [0, 0.05) is 11.0 Å². The van der Waals surface area contributed by atoms with Gasteiger partial charge in [-0.15, -0.1) is 0 Å². The predicted molar refractivity (Wildman–Crippen MR) is 72.8 cm³/mol. The fraction of sp³-hybridized carbons (Fsp3) is 0.333. The van der Waals surface area contributed by atoms with Crippen LogP contribution in [0.5, 0.6) is 0 Å². The Morgan fingerprint density at radius 2 is 1.94 bits per heavy atom. The molecule has 18 heavy (non-hydrogen) atoms. The van der Waals surface area contributed by atoms with Gasteiger partial charge in [0.2, 0.25) is 5.91 Å². The van der Waals surface area contributed by atoms with Crippen LogP contribution in [0.15, 0.2) is 28.7 Å². The van der Waals surface area contributed by atoms with Crippen molar-refractivity contribution in [3.8, 4) is 0 Å². The second kappa shape index (κ2) is 6.51. The summed E-state index contributed by atoms with van der Waals surface area (Å²) in [6, 6.07) is 6.57. The van der Waals surface area contributed by atoms with Gasteiger partial charge in [-0.2, -0.15) is 0 Å². The Bertz CT molecular complexity index is 433. The highest BCUT2D eigenvalue weighted by Crippen LogP contribution is 2.12. The normalized spacial score (nSPS) is 12.2. The van der Waals surface area contributed by atoms with E-state index in [2.05, 4.69) is 21.2 Å². The van der Waals surface area contributed by atoms with Crippen LogP contribution >= 0.6 is 15.9 Å². The molecule has 1 aromatic carbocycles. The highest BCUT2D eigenvalue weighted by Gasteiger charge is 2.19. The summed E-state index contributed by atoms with van der Waals surface area (Å²) in [6.45, 7) is 2.33. The first kappa shape index (κ1) is 14.7. The molecule has 3 amide bonds. The van der Waals surface area contributed by atoms with Gasteiger partial charge in [0.1, 0.15) is 0 Å². The maximum absolute atomic E-state index is 11.6. The fourth-order valence-corrected chi connectivity index (χ4v) is 1.71. The first-order valence-corrected chi connectivity index (χ1v) is 6.24. The molecule has 0 spiro atoms. The van der Waals surface area contributed by atoms with Gasteiger partial charge in [0.05, 0.1) is 6.04 Å².